The van der Waals surface area contributed by atoms with Crippen LogP contribution in [0.2, 0.25) is 0 Å². The number of phenols is 2. The molecule has 6 aromatic carbocycles. The number of hydrogen-bond acceptors (Lipinski definition) is 10. The Morgan fingerprint density at radius 2 is 0.852 bits per heavy atom. The maximum Gasteiger partial charge on any atom is 0.346 e. The zero-order valence-electron chi connectivity index (χ0n) is 32.9. The van der Waals surface area contributed by atoms with Crippen molar-refractivity contribution in [1.29, 1.82) is 0 Å². The Labute approximate surface area is 349 Å². The van der Waals surface area contributed by atoms with Gasteiger partial charge in [0.1, 0.15) is 11.5 Å². The van der Waals surface area contributed by atoms with E-state index in [9.17, 15) is 39.0 Å². The van der Waals surface area contributed by atoms with E-state index in [0.717, 1.165) is 60.1 Å². The van der Waals surface area contributed by atoms with Crippen molar-refractivity contribution in [3.63, 3.8) is 0 Å². The normalized spacial score (nSPS) is 13.6. The molecule has 0 spiro atoms. The number of cyclic esters (lactones) is 4. The number of benzene rings is 6. The second kappa shape index (κ2) is 16.8. The van der Waals surface area contributed by atoms with Crippen LogP contribution in [0.5, 0.6) is 11.5 Å². The number of fused-ring (bicyclic) bond motifs is 5. The first-order valence-electron chi connectivity index (χ1n) is 19.4. The summed E-state index contributed by atoms with van der Waals surface area (Å²) in [6.45, 7) is 4.28. The van der Waals surface area contributed by atoms with Crippen molar-refractivity contribution in [1.82, 2.24) is 0 Å². The lowest BCUT2D eigenvalue weighted by Gasteiger charge is -2.34. The monoisotopic (exact) mass is 818 g/mol. The molecular weight excluding hydrogens is 781 g/mol. The summed E-state index contributed by atoms with van der Waals surface area (Å²) >= 11 is 0. The molecule has 2 heterocycles. The van der Waals surface area contributed by atoms with Gasteiger partial charge in [0.2, 0.25) is 0 Å². The van der Waals surface area contributed by atoms with Crippen molar-refractivity contribution in [2.45, 2.75) is 44.9 Å². The van der Waals surface area contributed by atoms with Crippen LogP contribution in [0.3, 0.4) is 0 Å². The molecule has 9 rings (SSSR count). The van der Waals surface area contributed by atoms with Crippen LogP contribution in [-0.2, 0) is 27.7 Å². The lowest BCUT2D eigenvalue weighted by molar-refractivity contribution is 0.0425. The second-order valence-electron chi connectivity index (χ2n) is 14.5. The molecule has 0 unspecified atom stereocenters. The highest BCUT2D eigenvalue weighted by molar-refractivity contribution is 6.16. The number of aromatic hydroxyl groups is 2. The first-order chi connectivity index (χ1) is 29.3. The summed E-state index contributed by atoms with van der Waals surface area (Å²) in [6, 6.07) is 36.8. The number of aromatic carboxylic acids is 2. The molecule has 0 aromatic heterocycles. The number of carbonyl (C=O) groups is 6. The highest BCUT2D eigenvalue weighted by Crippen LogP contribution is 2.56. The van der Waals surface area contributed by atoms with E-state index in [0.29, 0.717) is 11.5 Å². The Hall–Kier alpha value is -7.86. The summed E-state index contributed by atoms with van der Waals surface area (Å²) in [4.78, 5) is 65.1. The van der Waals surface area contributed by atoms with Crippen LogP contribution in [0.4, 0.5) is 0 Å². The Kier molecular flexibility index (Phi) is 11.4. The van der Waals surface area contributed by atoms with Crippen molar-refractivity contribution >= 4 is 35.8 Å². The minimum absolute atomic E-state index is 0.00917. The maximum absolute atomic E-state index is 11.0. The third-order valence-corrected chi connectivity index (χ3v) is 10.8. The second-order valence-corrected chi connectivity index (χ2v) is 14.5. The molecule has 0 amide bonds. The number of esters is 4. The fraction of sp³-hybridized carbons (Fsp3) is 0.143. The van der Waals surface area contributed by atoms with Crippen molar-refractivity contribution < 1.29 is 58.7 Å². The molecule has 61 heavy (non-hydrogen) atoms. The van der Waals surface area contributed by atoms with Crippen molar-refractivity contribution in [2.24, 2.45) is 0 Å². The first-order valence-corrected chi connectivity index (χ1v) is 19.4. The van der Waals surface area contributed by atoms with E-state index < -0.39 is 41.2 Å². The molecule has 0 fully saturated rings. The molecule has 0 radical (unpaired) electrons. The largest absolute Gasteiger partial charge is 0.508 e. The molecule has 0 saturated heterocycles. The minimum Gasteiger partial charge on any atom is -0.508 e. The van der Waals surface area contributed by atoms with Crippen molar-refractivity contribution in [2.75, 3.05) is 0 Å². The van der Waals surface area contributed by atoms with Gasteiger partial charge in [0, 0.05) is 0 Å². The molecule has 12 heteroatoms. The van der Waals surface area contributed by atoms with Gasteiger partial charge in [-0.25, -0.2) is 28.8 Å². The number of carboxylic acid groups (broad SMARTS) is 2. The first kappa shape index (κ1) is 41.3. The third kappa shape index (κ3) is 7.51. The van der Waals surface area contributed by atoms with Gasteiger partial charge in [-0.3, -0.25) is 0 Å². The van der Waals surface area contributed by atoms with Crippen LogP contribution < -0.4 is 0 Å². The summed E-state index contributed by atoms with van der Waals surface area (Å²) in [5.41, 5.74) is 8.85. The lowest BCUT2D eigenvalue weighted by Crippen LogP contribution is -2.29. The van der Waals surface area contributed by atoms with Crippen LogP contribution in [-0.4, -0.2) is 56.2 Å². The standard InChI is InChI=1S/C31H30O2.2C9H4O5/c1-3-9-21-19-23(15-17-29(21)32)31(24-16-18-30(33)22(20-24)10-4-2)27-13-7-5-11-25(27)26-12-6-8-14-28(26)31;2*10-7(11)4-1-2-5-6(3-4)9(13)14-8(5)12/h5-8,11-20,32-33H,3-4,9-10H2,1-2H3;2*1-3H,(H,10,11). The van der Waals surface area contributed by atoms with Crippen LogP contribution in [0.25, 0.3) is 11.1 Å². The van der Waals surface area contributed by atoms with Crippen molar-refractivity contribution in [3.05, 3.63) is 188 Å². The number of carboxylic acids is 2. The van der Waals surface area contributed by atoms with Gasteiger partial charge in [0.15, 0.2) is 0 Å². The molecule has 0 atom stereocenters. The van der Waals surface area contributed by atoms with E-state index in [4.69, 9.17) is 10.2 Å². The number of ether oxygens (including phenoxy) is 2. The predicted octanol–water partition coefficient (Wildman–Crippen LogP) is 8.76. The lowest BCUT2D eigenvalue weighted by atomic mass is 9.67. The number of phenolic OH excluding ortho intramolecular Hbond substituents is 2. The Morgan fingerprint density at radius 3 is 1.23 bits per heavy atom. The van der Waals surface area contributed by atoms with Crippen LogP contribution >= 0.6 is 0 Å². The molecule has 3 aliphatic rings. The van der Waals surface area contributed by atoms with Crippen LogP contribution in [0.15, 0.2) is 121 Å². The Morgan fingerprint density at radius 1 is 0.475 bits per heavy atom. The van der Waals surface area contributed by atoms with E-state index in [1.54, 1.807) is 0 Å². The molecule has 1 aliphatic carbocycles. The zero-order valence-corrected chi connectivity index (χ0v) is 32.9. The van der Waals surface area contributed by atoms with Crippen LogP contribution in [0, 0.1) is 0 Å². The molecule has 0 saturated carbocycles. The van der Waals surface area contributed by atoms with Gasteiger partial charge in [-0.15, -0.1) is 0 Å². The maximum atomic E-state index is 11.0. The third-order valence-electron chi connectivity index (χ3n) is 10.8. The Bertz CT molecular complexity index is 2610. The predicted molar refractivity (Wildman–Crippen MR) is 221 cm³/mol. The average Bonchev–Trinajstić information content (AvgIpc) is 3.84. The summed E-state index contributed by atoms with van der Waals surface area (Å²) in [7, 11) is 0. The fourth-order valence-corrected chi connectivity index (χ4v) is 8.04. The number of hydrogen-bond donors (Lipinski definition) is 4. The SMILES string of the molecule is CCCc1cc(C2(c3ccc(O)c(CCC)c3)c3ccccc3-c3ccccc32)ccc1O.O=C(O)c1ccc2c(c1)C(=O)OC2=O.O=C(O)c1ccc2c(c1)C(=O)OC2=O. The summed E-state index contributed by atoms with van der Waals surface area (Å²) in [5.74, 6) is -4.66. The Balaban J connectivity index is 0.000000164. The van der Waals surface area contributed by atoms with E-state index in [2.05, 4.69) is 96.1 Å². The zero-order chi connectivity index (χ0) is 43.6. The fourth-order valence-electron chi connectivity index (χ4n) is 8.04. The van der Waals surface area contributed by atoms with E-state index >= 15 is 0 Å². The van der Waals surface area contributed by atoms with Gasteiger partial charge in [-0.05, 0) is 106 Å². The van der Waals surface area contributed by atoms with E-state index in [1.165, 1.54) is 46.5 Å². The number of aryl methyl sites for hydroxylation is 2. The molecular formula is C49H38O12. The molecule has 12 nitrogen and oxygen atoms in total. The summed E-state index contributed by atoms with van der Waals surface area (Å²) < 4.78 is 8.59. The smallest absolute Gasteiger partial charge is 0.346 e. The highest BCUT2D eigenvalue weighted by atomic mass is 16.6. The van der Waals surface area contributed by atoms with E-state index in [-0.39, 0.29) is 33.4 Å². The van der Waals surface area contributed by atoms with Crippen molar-refractivity contribution in [3.8, 4) is 22.6 Å². The van der Waals surface area contributed by atoms with Gasteiger partial charge in [0.25, 0.3) is 0 Å². The number of carbonyl (C=O) groups excluding carboxylic acids is 4. The van der Waals surface area contributed by atoms with Gasteiger partial charge < -0.3 is 29.9 Å². The summed E-state index contributed by atoms with van der Waals surface area (Å²) in [6.07, 6.45) is 3.60. The topological polar surface area (TPSA) is 202 Å². The summed E-state index contributed by atoms with van der Waals surface area (Å²) in [5, 5.41) is 38.4. The average molecular weight is 819 g/mol. The molecule has 4 N–H and O–H groups in total. The molecule has 306 valence electrons. The highest BCUT2D eigenvalue weighted by Gasteiger charge is 2.46. The van der Waals surface area contributed by atoms with Gasteiger partial charge in [-0.1, -0.05) is 99.5 Å². The quantitative estimate of drug-likeness (QED) is 0.0840. The van der Waals surface area contributed by atoms with Gasteiger partial charge in [0.05, 0.1) is 38.8 Å². The number of rotatable bonds is 8. The van der Waals surface area contributed by atoms with Gasteiger partial charge in [-0.2, -0.15) is 0 Å². The minimum atomic E-state index is -1.15. The van der Waals surface area contributed by atoms with Crippen LogP contribution in [0.1, 0.15) is 122 Å². The molecule has 0 bridgehead atoms. The van der Waals surface area contributed by atoms with Gasteiger partial charge >= 0.3 is 35.8 Å². The molecule has 2 aliphatic heterocycles. The van der Waals surface area contributed by atoms with E-state index in [1.807, 2.05) is 12.1 Å². The molecule has 6 aromatic rings.